The lowest BCUT2D eigenvalue weighted by atomic mass is 9.84. The molecule has 2 aromatic carbocycles. The summed E-state index contributed by atoms with van der Waals surface area (Å²) in [5.41, 5.74) is 6.46. The molecule has 1 aliphatic rings. The molecular weight excluding hydrogens is 440 g/mol. The van der Waals surface area contributed by atoms with Crippen LogP contribution in [0.5, 0.6) is 17.2 Å². The Labute approximate surface area is 174 Å². The molecular formula is C21H17BrN2O5. The Morgan fingerprint density at radius 2 is 2.03 bits per heavy atom. The van der Waals surface area contributed by atoms with Crippen LogP contribution in [0.4, 0.5) is 0 Å². The number of nitriles is 1. The molecule has 0 spiro atoms. The minimum absolute atomic E-state index is 0. The largest absolute Gasteiger partial charge is 0.508 e. The van der Waals surface area contributed by atoms with E-state index in [1.54, 1.807) is 18.2 Å². The monoisotopic (exact) mass is 456 g/mol. The first-order valence-electron chi connectivity index (χ1n) is 8.15. The summed E-state index contributed by atoms with van der Waals surface area (Å²) in [4.78, 5) is 12.8. The molecule has 4 rings (SSSR count). The van der Waals surface area contributed by atoms with Crippen molar-refractivity contribution in [2.45, 2.75) is 13.3 Å². The molecule has 0 radical (unpaired) electrons. The Morgan fingerprint density at radius 3 is 2.69 bits per heavy atom. The number of allylic oxidation sites excluding steroid dienone is 1. The van der Waals surface area contributed by atoms with Crippen LogP contribution in [0.2, 0.25) is 0 Å². The summed E-state index contributed by atoms with van der Waals surface area (Å²) in [5.74, 6) is -0.164. The second kappa shape index (κ2) is 7.53. The van der Waals surface area contributed by atoms with Gasteiger partial charge in [-0.05, 0) is 51.8 Å². The zero-order chi connectivity index (χ0) is 20.0. The van der Waals surface area contributed by atoms with Crippen molar-refractivity contribution < 1.29 is 19.0 Å². The predicted octanol–water partition coefficient (Wildman–Crippen LogP) is 4.12. The summed E-state index contributed by atoms with van der Waals surface area (Å²) < 4.78 is 16.9. The SMILES string of the molecule is C.COc1ccc(C2C(C#N)=C(N)Oc3c2c(=O)oc2ccc(O)cc32)cc1Br. The fraction of sp³-hybridized carbons (Fsp3) is 0.143. The highest BCUT2D eigenvalue weighted by atomic mass is 79.9. The van der Waals surface area contributed by atoms with E-state index in [-0.39, 0.29) is 41.5 Å². The van der Waals surface area contributed by atoms with Crippen LogP contribution in [0, 0.1) is 11.3 Å². The lowest BCUT2D eigenvalue weighted by Gasteiger charge is -2.26. The van der Waals surface area contributed by atoms with Gasteiger partial charge < -0.3 is 24.7 Å². The van der Waals surface area contributed by atoms with Gasteiger partial charge in [-0.1, -0.05) is 13.5 Å². The summed E-state index contributed by atoms with van der Waals surface area (Å²) in [5, 5.41) is 19.9. The number of aromatic hydroxyl groups is 1. The highest BCUT2D eigenvalue weighted by Crippen LogP contribution is 2.45. The van der Waals surface area contributed by atoms with Crippen LogP contribution in [-0.4, -0.2) is 12.2 Å². The highest BCUT2D eigenvalue weighted by molar-refractivity contribution is 9.10. The van der Waals surface area contributed by atoms with Crippen molar-refractivity contribution in [1.82, 2.24) is 0 Å². The molecule has 3 aromatic rings. The van der Waals surface area contributed by atoms with Gasteiger partial charge in [0.05, 0.1) is 28.5 Å². The number of ether oxygens (including phenoxy) is 2. The van der Waals surface area contributed by atoms with Crippen LogP contribution >= 0.6 is 15.9 Å². The van der Waals surface area contributed by atoms with Crippen LogP contribution in [-0.2, 0) is 0 Å². The first-order chi connectivity index (χ1) is 13.4. The van der Waals surface area contributed by atoms with E-state index in [4.69, 9.17) is 19.6 Å². The Balaban J connectivity index is 0.00000240. The topological polar surface area (TPSA) is 119 Å². The molecule has 3 N–H and O–H groups in total. The van der Waals surface area contributed by atoms with Gasteiger partial charge >= 0.3 is 5.63 Å². The zero-order valence-electron chi connectivity index (χ0n) is 14.5. The highest BCUT2D eigenvalue weighted by Gasteiger charge is 2.35. The summed E-state index contributed by atoms with van der Waals surface area (Å²) in [7, 11) is 1.54. The fourth-order valence-electron chi connectivity index (χ4n) is 3.30. The Morgan fingerprint density at radius 1 is 1.28 bits per heavy atom. The van der Waals surface area contributed by atoms with E-state index >= 15 is 0 Å². The maximum atomic E-state index is 12.8. The van der Waals surface area contributed by atoms with Crippen LogP contribution < -0.4 is 20.8 Å². The molecule has 7 nitrogen and oxygen atoms in total. The molecule has 0 bridgehead atoms. The molecule has 0 aliphatic carbocycles. The zero-order valence-corrected chi connectivity index (χ0v) is 16.1. The number of phenols is 1. The van der Waals surface area contributed by atoms with Crippen LogP contribution in [0.15, 0.2) is 61.5 Å². The summed E-state index contributed by atoms with van der Waals surface area (Å²) in [6.07, 6.45) is 0. The molecule has 0 amide bonds. The van der Waals surface area contributed by atoms with Crippen molar-refractivity contribution in [2.24, 2.45) is 5.73 Å². The third-order valence-corrected chi connectivity index (χ3v) is 5.18. The van der Waals surface area contributed by atoms with Gasteiger partial charge in [-0.25, -0.2) is 4.79 Å². The number of hydrogen-bond acceptors (Lipinski definition) is 7. The summed E-state index contributed by atoms with van der Waals surface area (Å²) >= 11 is 3.42. The molecule has 2 heterocycles. The number of hydrogen-bond donors (Lipinski definition) is 2. The molecule has 1 atom stereocenters. The molecule has 29 heavy (non-hydrogen) atoms. The normalized spacial score (nSPS) is 15.1. The molecule has 0 fully saturated rings. The van der Waals surface area contributed by atoms with Crippen molar-refractivity contribution in [3.8, 4) is 23.3 Å². The van der Waals surface area contributed by atoms with Gasteiger partial charge in [0.2, 0.25) is 5.88 Å². The van der Waals surface area contributed by atoms with Gasteiger partial charge in [0.1, 0.15) is 28.7 Å². The minimum atomic E-state index is -0.793. The van der Waals surface area contributed by atoms with Crippen molar-refractivity contribution in [3.05, 3.63) is 73.9 Å². The number of phenolic OH excluding ortho intramolecular Hbond substituents is 1. The first kappa shape index (κ1) is 20.3. The van der Waals surface area contributed by atoms with Gasteiger partial charge in [-0.15, -0.1) is 0 Å². The quantitative estimate of drug-likeness (QED) is 0.556. The second-order valence-electron chi connectivity index (χ2n) is 6.13. The minimum Gasteiger partial charge on any atom is -0.508 e. The Bertz CT molecular complexity index is 1260. The molecule has 1 aliphatic heterocycles. The van der Waals surface area contributed by atoms with Gasteiger partial charge in [0.15, 0.2) is 5.75 Å². The van der Waals surface area contributed by atoms with Gasteiger partial charge in [-0.2, -0.15) is 5.26 Å². The molecule has 148 valence electrons. The van der Waals surface area contributed by atoms with Crippen molar-refractivity contribution in [1.29, 1.82) is 5.26 Å². The number of rotatable bonds is 2. The van der Waals surface area contributed by atoms with Gasteiger partial charge in [0.25, 0.3) is 0 Å². The van der Waals surface area contributed by atoms with Crippen LogP contribution in [0.25, 0.3) is 11.0 Å². The molecule has 0 saturated carbocycles. The van der Waals surface area contributed by atoms with Crippen molar-refractivity contribution in [2.75, 3.05) is 7.11 Å². The predicted molar refractivity (Wildman–Crippen MR) is 111 cm³/mol. The number of benzene rings is 2. The smallest absolute Gasteiger partial charge is 0.344 e. The summed E-state index contributed by atoms with van der Waals surface area (Å²) in [6, 6.07) is 11.5. The maximum absolute atomic E-state index is 12.8. The van der Waals surface area contributed by atoms with E-state index in [9.17, 15) is 15.2 Å². The first-order valence-corrected chi connectivity index (χ1v) is 8.94. The Hall–Kier alpha value is -3.44. The average molecular weight is 457 g/mol. The molecule has 0 saturated heterocycles. The molecule has 1 unspecified atom stereocenters. The number of halogens is 1. The third kappa shape index (κ3) is 3.19. The van der Waals surface area contributed by atoms with E-state index < -0.39 is 11.5 Å². The fourth-order valence-corrected chi connectivity index (χ4v) is 3.86. The van der Waals surface area contributed by atoms with Crippen molar-refractivity contribution >= 4 is 26.9 Å². The van der Waals surface area contributed by atoms with Gasteiger partial charge in [-0.3, -0.25) is 0 Å². The number of nitrogens with two attached hydrogens (primary N) is 1. The lowest BCUT2D eigenvalue weighted by molar-refractivity contribution is 0.387. The molecule has 1 aromatic heterocycles. The third-order valence-electron chi connectivity index (χ3n) is 4.56. The van der Waals surface area contributed by atoms with E-state index in [1.165, 1.54) is 25.3 Å². The van der Waals surface area contributed by atoms with E-state index in [1.807, 2.05) is 6.07 Å². The van der Waals surface area contributed by atoms with Crippen LogP contribution in [0.3, 0.4) is 0 Å². The Kier molecular flexibility index (Phi) is 5.27. The number of nitrogens with zero attached hydrogens (tertiary/aromatic N) is 1. The van der Waals surface area contributed by atoms with E-state index in [0.717, 1.165) is 0 Å². The average Bonchev–Trinajstić information content (AvgIpc) is 2.67. The van der Waals surface area contributed by atoms with E-state index in [0.29, 0.717) is 21.2 Å². The molecule has 8 heteroatoms. The van der Waals surface area contributed by atoms with Crippen LogP contribution in [0.1, 0.15) is 24.5 Å². The van der Waals surface area contributed by atoms with Gasteiger partial charge in [0, 0.05) is 0 Å². The standard InChI is InChI=1S/C20H13BrN2O5.CH4/c1-26-15-4-2-9(6-13(15)21)16-12(8-22)19(23)28-18-11-7-10(24)3-5-14(11)27-20(25)17(16)18;/h2-7,16,24H,23H2,1H3;1H4. The number of fused-ring (bicyclic) bond motifs is 3. The maximum Gasteiger partial charge on any atom is 0.344 e. The number of methoxy groups -OCH3 is 1. The second-order valence-corrected chi connectivity index (χ2v) is 6.99. The van der Waals surface area contributed by atoms with Crippen molar-refractivity contribution in [3.63, 3.8) is 0 Å². The van der Waals surface area contributed by atoms with E-state index in [2.05, 4.69) is 15.9 Å². The summed E-state index contributed by atoms with van der Waals surface area (Å²) in [6.45, 7) is 0. The lowest BCUT2D eigenvalue weighted by Crippen LogP contribution is -2.26.